The highest BCUT2D eigenvalue weighted by Gasteiger charge is 2.55. The highest BCUT2D eigenvalue weighted by molar-refractivity contribution is 5.60. The molecule has 2 fully saturated rings. The van der Waals surface area contributed by atoms with E-state index in [0.717, 1.165) is 66.9 Å². The Morgan fingerprint density at radius 2 is 1.71 bits per heavy atom. The molecule has 34 heavy (non-hydrogen) atoms. The number of hydrogen-bond donors (Lipinski definition) is 3. The molecule has 6 heteroatoms. The van der Waals surface area contributed by atoms with Crippen molar-refractivity contribution in [3.63, 3.8) is 0 Å². The summed E-state index contributed by atoms with van der Waals surface area (Å²) < 4.78 is 0. The molecular weight excluding hydrogens is 424 g/mol. The molecule has 3 aromatic rings. The molecule has 0 unspecified atom stereocenters. The largest absolute Gasteiger partial charge is 0.384 e. The molecule has 180 valence electrons. The molecule has 1 saturated carbocycles. The Bertz CT molecular complexity index is 1160. The Balaban J connectivity index is 1.56. The molecule has 0 spiro atoms. The summed E-state index contributed by atoms with van der Waals surface area (Å²) in [4.78, 5) is 6.75. The maximum atomic E-state index is 12.4. The molecule has 1 aliphatic heterocycles. The van der Waals surface area contributed by atoms with E-state index in [1.165, 1.54) is 5.56 Å². The standard InChI is InChI=1S/C28H36N4O2/c1-19(2)20-7-9-22(10-8-20)28(34,26(3)17-32(4)18-26)23-13-21(15-29-16-23)24-14-25(31-30-24)27(33)11-5-6-12-27/h7-10,13-16,19,33-34H,5-6,11-12,17-18H2,1-4H3,(H,30,31)/t28-/m0/s1. The lowest BCUT2D eigenvalue weighted by molar-refractivity contribution is -0.127. The van der Waals surface area contributed by atoms with Gasteiger partial charge in [-0.05, 0) is 49.1 Å². The number of hydrogen-bond acceptors (Lipinski definition) is 5. The summed E-state index contributed by atoms with van der Waals surface area (Å²) in [6, 6.07) is 12.3. The molecule has 0 amide bonds. The Kier molecular flexibility index (Phi) is 5.66. The van der Waals surface area contributed by atoms with Gasteiger partial charge in [0, 0.05) is 42.0 Å². The van der Waals surface area contributed by atoms with E-state index in [4.69, 9.17) is 0 Å². The van der Waals surface area contributed by atoms with Crippen LogP contribution in [-0.2, 0) is 11.2 Å². The Labute approximate surface area is 202 Å². The molecule has 3 N–H and O–H groups in total. The van der Waals surface area contributed by atoms with Gasteiger partial charge in [-0.15, -0.1) is 0 Å². The number of pyridine rings is 1. The summed E-state index contributed by atoms with van der Waals surface area (Å²) in [5, 5.41) is 30.9. The molecular formula is C28H36N4O2. The SMILES string of the molecule is CC(C)c1ccc([C@](O)(c2cncc(-c3cc(C4(O)CCCC4)[nH]n3)c2)C2(C)CN(C)C2)cc1. The monoisotopic (exact) mass is 460 g/mol. The maximum absolute atomic E-state index is 12.4. The number of H-pyrrole nitrogens is 1. The molecule has 5 rings (SSSR count). The third-order valence-corrected chi connectivity index (χ3v) is 8.07. The second kappa shape index (κ2) is 8.29. The zero-order chi connectivity index (χ0) is 24.1. The van der Waals surface area contributed by atoms with Crippen LogP contribution in [0.1, 0.15) is 74.8 Å². The van der Waals surface area contributed by atoms with Crippen LogP contribution in [0.5, 0.6) is 0 Å². The number of nitrogens with one attached hydrogen (secondary N) is 1. The van der Waals surface area contributed by atoms with Gasteiger partial charge in [0.25, 0.3) is 0 Å². The van der Waals surface area contributed by atoms with Crippen LogP contribution in [0, 0.1) is 5.41 Å². The Hall–Kier alpha value is -2.54. The minimum absolute atomic E-state index is 0.350. The Morgan fingerprint density at radius 1 is 1.03 bits per heavy atom. The van der Waals surface area contributed by atoms with E-state index < -0.39 is 11.2 Å². The summed E-state index contributed by atoms with van der Waals surface area (Å²) in [5.74, 6) is 0.432. The van der Waals surface area contributed by atoms with Gasteiger partial charge in [-0.2, -0.15) is 5.10 Å². The van der Waals surface area contributed by atoms with Crippen molar-refractivity contribution >= 4 is 0 Å². The van der Waals surface area contributed by atoms with E-state index in [-0.39, 0.29) is 5.41 Å². The van der Waals surface area contributed by atoms with Gasteiger partial charge < -0.3 is 15.1 Å². The summed E-state index contributed by atoms with van der Waals surface area (Å²) >= 11 is 0. The average Bonchev–Trinajstić information content (AvgIpc) is 3.48. The molecule has 6 nitrogen and oxygen atoms in total. The number of benzene rings is 1. The van der Waals surface area contributed by atoms with Crippen LogP contribution in [0.4, 0.5) is 0 Å². The number of aromatic nitrogens is 3. The van der Waals surface area contributed by atoms with Crippen LogP contribution in [0.25, 0.3) is 11.3 Å². The van der Waals surface area contributed by atoms with E-state index in [1.807, 2.05) is 12.1 Å². The Morgan fingerprint density at radius 3 is 2.32 bits per heavy atom. The predicted octanol–water partition coefficient (Wildman–Crippen LogP) is 4.54. The molecule has 2 aromatic heterocycles. The van der Waals surface area contributed by atoms with Gasteiger partial charge in [-0.25, -0.2) is 0 Å². The number of aliphatic hydroxyl groups is 2. The number of rotatable bonds is 6. The second-order valence-corrected chi connectivity index (χ2v) is 11.1. The highest BCUT2D eigenvalue weighted by Crippen LogP contribution is 2.50. The second-order valence-electron chi connectivity index (χ2n) is 11.1. The fraction of sp³-hybridized carbons (Fsp3) is 0.500. The van der Waals surface area contributed by atoms with Crippen molar-refractivity contribution < 1.29 is 10.2 Å². The predicted molar refractivity (Wildman–Crippen MR) is 133 cm³/mol. The average molecular weight is 461 g/mol. The minimum atomic E-state index is -1.19. The van der Waals surface area contributed by atoms with Gasteiger partial charge in [0.1, 0.15) is 11.2 Å². The molecule has 3 heterocycles. The minimum Gasteiger partial charge on any atom is -0.384 e. The van der Waals surface area contributed by atoms with E-state index in [1.54, 1.807) is 12.4 Å². The third kappa shape index (κ3) is 3.69. The number of likely N-dealkylation sites (tertiary alicyclic amines) is 1. The molecule has 1 atom stereocenters. The first-order valence-corrected chi connectivity index (χ1v) is 12.4. The molecule has 1 aliphatic carbocycles. The first kappa shape index (κ1) is 23.2. The van der Waals surface area contributed by atoms with Crippen molar-refractivity contribution in [2.45, 2.75) is 63.6 Å². The van der Waals surface area contributed by atoms with Crippen LogP contribution >= 0.6 is 0 Å². The van der Waals surface area contributed by atoms with E-state index in [9.17, 15) is 10.2 Å². The van der Waals surface area contributed by atoms with Gasteiger partial charge in [-0.3, -0.25) is 10.1 Å². The van der Waals surface area contributed by atoms with Crippen LogP contribution in [0.3, 0.4) is 0 Å². The summed E-state index contributed by atoms with van der Waals surface area (Å²) in [5.41, 5.74) is 2.86. The lowest BCUT2D eigenvalue weighted by Gasteiger charge is -2.55. The van der Waals surface area contributed by atoms with E-state index in [2.05, 4.69) is 72.2 Å². The van der Waals surface area contributed by atoms with Crippen molar-refractivity contribution in [2.75, 3.05) is 20.1 Å². The van der Waals surface area contributed by atoms with Gasteiger partial charge in [0.15, 0.2) is 0 Å². The van der Waals surface area contributed by atoms with Crippen molar-refractivity contribution in [3.05, 3.63) is 71.2 Å². The maximum Gasteiger partial charge on any atom is 0.124 e. The zero-order valence-electron chi connectivity index (χ0n) is 20.7. The van der Waals surface area contributed by atoms with Gasteiger partial charge in [0.05, 0.1) is 11.4 Å². The van der Waals surface area contributed by atoms with E-state index in [0.29, 0.717) is 5.92 Å². The molecule has 0 radical (unpaired) electrons. The van der Waals surface area contributed by atoms with Crippen LogP contribution in [0.2, 0.25) is 0 Å². The lowest BCUT2D eigenvalue weighted by atomic mass is 9.62. The number of aromatic amines is 1. The van der Waals surface area contributed by atoms with Crippen LogP contribution < -0.4 is 0 Å². The summed E-state index contributed by atoms with van der Waals surface area (Å²) in [7, 11) is 2.08. The quantitative estimate of drug-likeness (QED) is 0.503. The first-order chi connectivity index (χ1) is 16.1. The van der Waals surface area contributed by atoms with Gasteiger partial charge >= 0.3 is 0 Å². The summed E-state index contributed by atoms with van der Waals surface area (Å²) in [6.07, 6.45) is 7.12. The number of nitrogens with zero attached hydrogens (tertiary/aromatic N) is 3. The third-order valence-electron chi connectivity index (χ3n) is 8.07. The zero-order valence-corrected chi connectivity index (χ0v) is 20.7. The van der Waals surface area contributed by atoms with Crippen LogP contribution in [-0.4, -0.2) is 50.4 Å². The first-order valence-electron chi connectivity index (χ1n) is 12.4. The summed E-state index contributed by atoms with van der Waals surface area (Å²) in [6.45, 7) is 8.09. The van der Waals surface area contributed by atoms with Crippen molar-refractivity contribution in [1.29, 1.82) is 0 Å². The van der Waals surface area contributed by atoms with Crippen LogP contribution in [0.15, 0.2) is 48.8 Å². The normalized spacial score (nSPS) is 21.4. The van der Waals surface area contributed by atoms with Crippen molar-refractivity contribution in [1.82, 2.24) is 20.1 Å². The highest BCUT2D eigenvalue weighted by atomic mass is 16.3. The van der Waals surface area contributed by atoms with Gasteiger partial charge in [0.2, 0.25) is 0 Å². The fourth-order valence-corrected chi connectivity index (χ4v) is 6.06. The van der Waals surface area contributed by atoms with Crippen molar-refractivity contribution in [3.8, 4) is 11.3 Å². The molecule has 2 aliphatic rings. The van der Waals surface area contributed by atoms with Gasteiger partial charge in [-0.1, -0.05) is 57.9 Å². The van der Waals surface area contributed by atoms with E-state index >= 15 is 0 Å². The van der Waals surface area contributed by atoms with Crippen molar-refractivity contribution in [2.24, 2.45) is 5.41 Å². The smallest absolute Gasteiger partial charge is 0.124 e. The molecule has 1 saturated heterocycles. The topological polar surface area (TPSA) is 85.3 Å². The lowest BCUT2D eigenvalue weighted by Crippen LogP contribution is -2.63. The fourth-order valence-electron chi connectivity index (χ4n) is 6.06. The molecule has 0 bridgehead atoms. The molecule has 1 aromatic carbocycles.